The molecule has 0 saturated carbocycles. The summed E-state index contributed by atoms with van der Waals surface area (Å²) in [5.74, 6) is 0.410. The molecule has 0 atom stereocenters. The van der Waals surface area contributed by atoms with Crippen molar-refractivity contribution in [3.63, 3.8) is 0 Å². The lowest BCUT2D eigenvalue weighted by molar-refractivity contribution is 0.657. The second-order valence-corrected chi connectivity index (χ2v) is 6.26. The Hall–Kier alpha value is -2.68. The molecule has 0 spiro atoms. The first kappa shape index (κ1) is 13.9. The Morgan fingerprint density at radius 3 is 2.65 bits per heavy atom. The Morgan fingerprint density at radius 2 is 1.87 bits per heavy atom. The van der Waals surface area contributed by atoms with Gasteiger partial charge in [0.05, 0.1) is 11.3 Å². The van der Waals surface area contributed by atoms with Gasteiger partial charge in [0.2, 0.25) is 0 Å². The minimum absolute atomic E-state index is 0.410. The average molecular weight is 302 g/mol. The number of nitrogens with zero attached hydrogens (tertiary/aromatic N) is 2. The monoisotopic (exact) mass is 302 g/mol. The van der Waals surface area contributed by atoms with Crippen LogP contribution in [0, 0.1) is 6.92 Å². The third-order valence-electron chi connectivity index (χ3n) is 4.25. The van der Waals surface area contributed by atoms with Gasteiger partial charge >= 0.3 is 0 Å². The molecule has 114 valence electrons. The fourth-order valence-electron chi connectivity index (χ4n) is 3.05. The van der Waals surface area contributed by atoms with Gasteiger partial charge in [0, 0.05) is 29.4 Å². The SMILES string of the molecule is Cc1ccnc(-c2cncc3c2oc2c(C(C)C)cccc23)c1. The van der Waals surface area contributed by atoms with E-state index in [1.54, 1.807) is 0 Å². The van der Waals surface area contributed by atoms with E-state index in [9.17, 15) is 0 Å². The maximum atomic E-state index is 6.29. The summed E-state index contributed by atoms with van der Waals surface area (Å²) in [4.78, 5) is 8.90. The normalized spacial score (nSPS) is 11.7. The van der Waals surface area contributed by atoms with Crippen molar-refractivity contribution in [1.82, 2.24) is 9.97 Å². The van der Waals surface area contributed by atoms with Gasteiger partial charge in [-0.2, -0.15) is 0 Å². The number of hydrogen-bond donors (Lipinski definition) is 0. The van der Waals surface area contributed by atoms with Gasteiger partial charge in [0.15, 0.2) is 0 Å². The van der Waals surface area contributed by atoms with Gasteiger partial charge in [-0.3, -0.25) is 9.97 Å². The number of fused-ring (bicyclic) bond motifs is 3. The van der Waals surface area contributed by atoms with Gasteiger partial charge in [-0.15, -0.1) is 0 Å². The van der Waals surface area contributed by atoms with Crippen molar-refractivity contribution in [1.29, 1.82) is 0 Å². The molecule has 0 aliphatic carbocycles. The summed E-state index contributed by atoms with van der Waals surface area (Å²) in [6, 6.07) is 10.4. The van der Waals surface area contributed by atoms with Gasteiger partial charge in [-0.25, -0.2) is 0 Å². The van der Waals surface area contributed by atoms with Gasteiger partial charge in [0.25, 0.3) is 0 Å². The van der Waals surface area contributed by atoms with E-state index in [0.29, 0.717) is 5.92 Å². The molecule has 4 aromatic rings. The average Bonchev–Trinajstić information content (AvgIpc) is 2.93. The molecule has 3 aromatic heterocycles. The van der Waals surface area contributed by atoms with Gasteiger partial charge in [-0.05, 0) is 36.1 Å². The molecule has 0 N–H and O–H groups in total. The maximum absolute atomic E-state index is 6.29. The third kappa shape index (κ3) is 2.20. The van der Waals surface area contributed by atoms with Crippen molar-refractivity contribution < 1.29 is 4.42 Å². The maximum Gasteiger partial charge on any atom is 0.147 e. The van der Waals surface area contributed by atoms with E-state index in [4.69, 9.17) is 4.42 Å². The predicted octanol–water partition coefficient (Wildman–Crippen LogP) is 5.47. The van der Waals surface area contributed by atoms with Crippen LogP contribution in [0.25, 0.3) is 33.2 Å². The summed E-state index contributed by atoms with van der Waals surface area (Å²) in [5.41, 5.74) is 6.05. The second kappa shape index (κ2) is 5.20. The molecule has 3 heterocycles. The quantitative estimate of drug-likeness (QED) is 0.492. The molecule has 23 heavy (non-hydrogen) atoms. The molecule has 0 amide bonds. The molecule has 0 saturated heterocycles. The zero-order valence-corrected chi connectivity index (χ0v) is 13.5. The lowest BCUT2D eigenvalue weighted by atomic mass is 10.0. The van der Waals surface area contributed by atoms with Crippen LogP contribution in [0.1, 0.15) is 30.9 Å². The van der Waals surface area contributed by atoms with Crippen molar-refractivity contribution in [3.05, 3.63) is 60.0 Å². The Labute approximate surface area is 135 Å². The molecule has 0 fully saturated rings. The smallest absolute Gasteiger partial charge is 0.147 e. The molecule has 3 heteroatoms. The highest BCUT2D eigenvalue weighted by Gasteiger charge is 2.16. The van der Waals surface area contributed by atoms with Gasteiger partial charge in [0.1, 0.15) is 11.2 Å². The van der Waals surface area contributed by atoms with E-state index in [0.717, 1.165) is 33.2 Å². The largest absolute Gasteiger partial charge is 0.455 e. The van der Waals surface area contributed by atoms with Crippen LogP contribution >= 0.6 is 0 Å². The van der Waals surface area contributed by atoms with Crippen molar-refractivity contribution in [3.8, 4) is 11.3 Å². The second-order valence-electron chi connectivity index (χ2n) is 6.26. The highest BCUT2D eigenvalue weighted by atomic mass is 16.3. The van der Waals surface area contributed by atoms with E-state index in [2.05, 4.69) is 55.0 Å². The van der Waals surface area contributed by atoms with Gasteiger partial charge in [-0.1, -0.05) is 32.0 Å². The summed E-state index contributed by atoms with van der Waals surface area (Å²) in [7, 11) is 0. The number of aryl methyl sites for hydroxylation is 1. The molecule has 0 bridgehead atoms. The number of para-hydroxylation sites is 1. The summed E-state index contributed by atoms with van der Waals surface area (Å²) in [6.45, 7) is 6.43. The van der Waals surface area contributed by atoms with Crippen molar-refractivity contribution >= 4 is 21.9 Å². The van der Waals surface area contributed by atoms with Crippen molar-refractivity contribution in [2.45, 2.75) is 26.7 Å². The summed E-state index contributed by atoms with van der Waals surface area (Å²) in [5, 5.41) is 2.16. The minimum atomic E-state index is 0.410. The molecular weight excluding hydrogens is 284 g/mol. The summed E-state index contributed by atoms with van der Waals surface area (Å²) < 4.78 is 6.29. The number of pyridine rings is 2. The zero-order valence-electron chi connectivity index (χ0n) is 13.5. The summed E-state index contributed by atoms with van der Waals surface area (Å²) >= 11 is 0. The molecule has 0 aliphatic rings. The number of furan rings is 1. The Bertz CT molecular complexity index is 1010. The first-order valence-electron chi connectivity index (χ1n) is 7.87. The van der Waals surface area contributed by atoms with Crippen LogP contribution in [0.3, 0.4) is 0 Å². The molecule has 0 radical (unpaired) electrons. The molecule has 0 unspecified atom stereocenters. The van der Waals surface area contributed by atoms with Crippen LogP contribution in [0.2, 0.25) is 0 Å². The van der Waals surface area contributed by atoms with Crippen LogP contribution in [0.4, 0.5) is 0 Å². The van der Waals surface area contributed by atoms with E-state index >= 15 is 0 Å². The molecular formula is C20H18N2O. The van der Waals surface area contributed by atoms with E-state index in [1.165, 1.54) is 11.1 Å². The first-order valence-corrected chi connectivity index (χ1v) is 7.87. The predicted molar refractivity (Wildman–Crippen MR) is 93.6 cm³/mol. The van der Waals surface area contributed by atoms with Crippen molar-refractivity contribution in [2.75, 3.05) is 0 Å². The standard InChI is InChI=1S/C20H18N2O/c1-12(2)14-5-4-6-15-16-10-21-11-17(20(16)23-19(14)15)18-9-13(3)7-8-22-18/h4-12H,1-3H3. The van der Waals surface area contributed by atoms with Gasteiger partial charge < -0.3 is 4.42 Å². The number of aromatic nitrogens is 2. The fourth-order valence-corrected chi connectivity index (χ4v) is 3.05. The van der Waals surface area contributed by atoms with E-state index in [-0.39, 0.29) is 0 Å². The lowest BCUT2D eigenvalue weighted by Crippen LogP contribution is -1.86. The third-order valence-corrected chi connectivity index (χ3v) is 4.25. The molecule has 0 aliphatic heterocycles. The van der Waals surface area contributed by atoms with Crippen molar-refractivity contribution in [2.24, 2.45) is 0 Å². The zero-order chi connectivity index (χ0) is 16.0. The Balaban J connectivity index is 2.08. The van der Waals surface area contributed by atoms with Crippen LogP contribution in [-0.4, -0.2) is 9.97 Å². The number of benzene rings is 1. The molecule has 4 rings (SSSR count). The van der Waals surface area contributed by atoms with Crippen LogP contribution in [0.15, 0.2) is 53.3 Å². The lowest BCUT2D eigenvalue weighted by Gasteiger charge is -2.04. The topological polar surface area (TPSA) is 38.9 Å². The molecule has 3 nitrogen and oxygen atoms in total. The number of hydrogen-bond acceptors (Lipinski definition) is 3. The van der Waals surface area contributed by atoms with E-state index in [1.807, 2.05) is 24.7 Å². The van der Waals surface area contributed by atoms with E-state index < -0.39 is 0 Å². The Kier molecular flexibility index (Phi) is 3.15. The summed E-state index contributed by atoms with van der Waals surface area (Å²) in [6.07, 6.45) is 5.54. The van der Waals surface area contributed by atoms with Crippen LogP contribution < -0.4 is 0 Å². The Morgan fingerprint density at radius 1 is 1.00 bits per heavy atom. The fraction of sp³-hybridized carbons (Fsp3) is 0.200. The first-order chi connectivity index (χ1) is 11.1. The van der Waals surface area contributed by atoms with Crippen LogP contribution in [0.5, 0.6) is 0 Å². The molecule has 1 aromatic carbocycles. The minimum Gasteiger partial charge on any atom is -0.455 e. The highest BCUT2D eigenvalue weighted by Crippen LogP contribution is 2.37. The van der Waals surface area contributed by atoms with Crippen LogP contribution in [-0.2, 0) is 0 Å². The highest BCUT2D eigenvalue weighted by molar-refractivity contribution is 6.09. The number of rotatable bonds is 2.